The predicted molar refractivity (Wildman–Crippen MR) is 46.1 cm³/mol. The van der Waals surface area contributed by atoms with Gasteiger partial charge in [-0.1, -0.05) is 0 Å². The van der Waals surface area contributed by atoms with Crippen LogP contribution >= 0.6 is 0 Å². The smallest absolute Gasteiger partial charge is 0.372 e. The molecule has 0 aliphatic carbocycles. The largest absolute Gasteiger partial charge is 0.475 e. The van der Waals surface area contributed by atoms with Crippen LogP contribution in [0.2, 0.25) is 0 Å². The highest BCUT2D eigenvalue weighted by atomic mass is 16.4. The molecule has 2 aromatic rings. The number of nitrogens with zero attached hydrogens (tertiary/aromatic N) is 4. The van der Waals surface area contributed by atoms with Gasteiger partial charge < -0.3 is 5.11 Å². The maximum atomic E-state index is 10.7. The van der Waals surface area contributed by atoms with E-state index in [1.165, 1.54) is 29.4 Å². The van der Waals surface area contributed by atoms with E-state index in [-0.39, 0.29) is 5.82 Å². The minimum atomic E-state index is -1.11. The van der Waals surface area contributed by atoms with Crippen molar-refractivity contribution in [2.75, 3.05) is 0 Å². The number of hydrogen-bond acceptors (Lipinski definition) is 4. The van der Waals surface area contributed by atoms with Gasteiger partial charge in [-0.2, -0.15) is 0 Å². The van der Waals surface area contributed by atoms with Crippen LogP contribution < -0.4 is 0 Å². The molecule has 0 aliphatic heterocycles. The lowest BCUT2D eigenvalue weighted by Gasteiger charge is -2.00. The fraction of sp³-hybridized carbons (Fsp3) is 0. The minimum Gasteiger partial charge on any atom is -0.475 e. The second kappa shape index (κ2) is 3.25. The summed E-state index contributed by atoms with van der Waals surface area (Å²) in [5, 5.41) is 8.78. The number of aromatic nitrogens is 4. The first-order chi connectivity index (χ1) is 6.79. The van der Waals surface area contributed by atoms with Crippen molar-refractivity contribution in [1.29, 1.82) is 0 Å². The molecule has 0 radical (unpaired) electrons. The molecule has 0 spiro atoms. The SMILES string of the molecule is O=C(O)c1nccn1-c1ncccn1. The van der Waals surface area contributed by atoms with Gasteiger partial charge in [0.05, 0.1) is 0 Å². The molecule has 0 fully saturated rings. The van der Waals surface area contributed by atoms with Crippen molar-refractivity contribution < 1.29 is 9.90 Å². The van der Waals surface area contributed by atoms with Crippen molar-refractivity contribution in [1.82, 2.24) is 19.5 Å². The van der Waals surface area contributed by atoms with E-state index in [9.17, 15) is 4.79 Å². The highest BCUT2D eigenvalue weighted by molar-refractivity contribution is 5.84. The Balaban J connectivity index is 2.52. The van der Waals surface area contributed by atoms with Gasteiger partial charge in [0, 0.05) is 24.8 Å². The second-order valence-corrected chi connectivity index (χ2v) is 2.47. The average molecular weight is 190 g/mol. The molecule has 6 nitrogen and oxygen atoms in total. The van der Waals surface area contributed by atoms with Gasteiger partial charge in [0.15, 0.2) is 0 Å². The molecule has 1 N–H and O–H groups in total. The first kappa shape index (κ1) is 8.36. The topological polar surface area (TPSA) is 80.9 Å². The summed E-state index contributed by atoms with van der Waals surface area (Å²) in [6.45, 7) is 0. The minimum absolute atomic E-state index is 0.101. The Morgan fingerprint density at radius 2 is 1.93 bits per heavy atom. The number of rotatable bonds is 2. The van der Waals surface area contributed by atoms with E-state index in [0.29, 0.717) is 5.95 Å². The van der Waals surface area contributed by atoms with E-state index in [0.717, 1.165) is 0 Å². The maximum absolute atomic E-state index is 10.7. The lowest BCUT2D eigenvalue weighted by Crippen LogP contribution is -2.09. The van der Waals surface area contributed by atoms with Crippen LogP contribution in [0.5, 0.6) is 0 Å². The average Bonchev–Trinajstić information content (AvgIpc) is 2.67. The first-order valence-electron chi connectivity index (χ1n) is 3.83. The summed E-state index contributed by atoms with van der Waals surface area (Å²) in [7, 11) is 0. The van der Waals surface area contributed by atoms with Crippen LogP contribution in [-0.2, 0) is 0 Å². The third-order valence-corrected chi connectivity index (χ3v) is 1.60. The molecule has 14 heavy (non-hydrogen) atoms. The standard InChI is InChI=1S/C8H6N4O2/c13-7(14)6-9-4-5-12(6)8-10-2-1-3-11-8/h1-5H,(H,13,14). The molecule has 2 heterocycles. The zero-order valence-corrected chi connectivity index (χ0v) is 7.03. The molecule has 6 heteroatoms. The van der Waals surface area contributed by atoms with Crippen molar-refractivity contribution in [2.24, 2.45) is 0 Å². The fourth-order valence-electron chi connectivity index (χ4n) is 1.04. The second-order valence-electron chi connectivity index (χ2n) is 2.47. The van der Waals surface area contributed by atoms with Crippen molar-refractivity contribution in [3.8, 4) is 5.95 Å². The van der Waals surface area contributed by atoms with Crippen molar-refractivity contribution in [2.45, 2.75) is 0 Å². The van der Waals surface area contributed by atoms with Crippen molar-refractivity contribution in [3.63, 3.8) is 0 Å². The van der Waals surface area contributed by atoms with E-state index in [2.05, 4.69) is 15.0 Å². The molecule has 0 atom stereocenters. The van der Waals surface area contributed by atoms with E-state index < -0.39 is 5.97 Å². The van der Waals surface area contributed by atoms with Crippen LogP contribution in [0.25, 0.3) is 5.95 Å². The Morgan fingerprint density at radius 1 is 1.21 bits per heavy atom. The van der Waals surface area contributed by atoms with Gasteiger partial charge in [0.1, 0.15) is 0 Å². The van der Waals surface area contributed by atoms with Gasteiger partial charge in [0.2, 0.25) is 11.8 Å². The molecule has 0 unspecified atom stereocenters. The molecule has 70 valence electrons. The summed E-state index contributed by atoms with van der Waals surface area (Å²) in [6.07, 6.45) is 5.96. The van der Waals surface area contributed by atoms with Crippen LogP contribution in [-0.4, -0.2) is 30.6 Å². The van der Waals surface area contributed by atoms with Crippen LogP contribution in [0.4, 0.5) is 0 Å². The molecule has 0 saturated carbocycles. The van der Waals surface area contributed by atoms with Crippen LogP contribution in [0.15, 0.2) is 30.9 Å². The van der Waals surface area contributed by atoms with E-state index in [4.69, 9.17) is 5.11 Å². The van der Waals surface area contributed by atoms with E-state index in [1.807, 2.05) is 0 Å². The normalized spacial score (nSPS) is 10.0. The molecule has 0 aromatic carbocycles. The van der Waals surface area contributed by atoms with Crippen LogP contribution in [0, 0.1) is 0 Å². The summed E-state index contributed by atoms with van der Waals surface area (Å²) >= 11 is 0. The fourth-order valence-corrected chi connectivity index (χ4v) is 1.04. The Hall–Kier alpha value is -2.24. The molecule has 0 saturated heterocycles. The Labute approximate surface area is 78.9 Å². The number of aromatic carboxylic acids is 1. The number of carboxylic acid groups (broad SMARTS) is 1. The van der Waals surface area contributed by atoms with Crippen molar-refractivity contribution >= 4 is 5.97 Å². The quantitative estimate of drug-likeness (QED) is 0.739. The molecule has 2 rings (SSSR count). The molecule has 0 amide bonds. The van der Waals surface area contributed by atoms with E-state index in [1.54, 1.807) is 6.07 Å². The summed E-state index contributed by atoms with van der Waals surface area (Å²) in [6, 6.07) is 1.65. The lowest BCUT2D eigenvalue weighted by molar-refractivity contribution is 0.0681. The lowest BCUT2D eigenvalue weighted by atomic mass is 10.6. The summed E-state index contributed by atoms with van der Waals surface area (Å²) in [5.41, 5.74) is 0. The van der Waals surface area contributed by atoms with Gasteiger partial charge in [-0.15, -0.1) is 0 Å². The van der Waals surface area contributed by atoms with Gasteiger partial charge >= 0.3 is 5.97 Å². The zero-order chi connectivity index (χ0) is 9.97. The van der Waals surface area contributed by atoms with Gasteiger partial charge in [-0.25, -0.2) is 19.7 Å². The summed E-state index contributed by atoms with van der Waals surface area (Å²) in [5.74, 6) is -0.916. The number of hydrogen-bond donors (Lipinski definition) is 1. The van der Waals surface area contributed by atoms with Gasteiger partial charge in [-0.05, 0) is 6.07 Å². The molecule has 0 aliphatic rings. The van der Waals surface area contributed by atoms with Gasteiger partial charge in [-0.3, -0.25) is 4.57 Å². The Bertz CT molecular complexity index is 451. The number of carbonyl (C=O) groups is 1. The van der Waals surface area contributed by atoms with Crippen molar-refractivity contribution in [3.05, 3.63) is 36.7 Å². The molecular weight excluding hydrogens is 184 g/mol. The predicted octanol–water partition coefficient (Wildman–Crippen LogP) is 0.360. The van der Waals surface area contributed by atoms with E-state index >= 15 is 0 Å². The zero-order valence-electron chi connectivity index (χ0n) is 7.03. The third-order valence-electron chi connectivity index (χ3n) is 1.60. The Morgan fingerprint density at radius 3 is 2.57 bits per heavy atom. The molecule has 0 bridgehead atoms. The van der Waals surface area contributed by atoms with Crippen LogP contribution in [0.1, 0.15) is 10.6 Å². The summed E-state index contributed by atoms with van der Waals surface area (Å²) < 4.78 is 1.31. The van der Waals surface area contributed by atoms with Crippen LogP contribution in [0.3, 0.4) is 0 Å². The Kier molecular flexibility index (Phi) is 1.94. The number of imidazole rings is 1. The highest BCUT2D eigenvalue weighted by Gasteiger charge is 2.12. The van der Waals surface area contributed by atoms with Gasteiger partial charge in [0.25, 0.3) is 0 Å². The monoisotopic (exact) mass is 190 g/mol. The summed E-state index contributed by atoms with van der Waals surface area (Å²) in [4.78, 5) is 22.2. The third kappa shape index (κ3) is 1.33. The first-order valence-corrected chi connectivity index (χ1v) is 3.83. The maximum Gasteiger partial charge on any atom is 0.372 e. The highest BCUT2D eigenvalue weighted by Crippen LogP contribution is 2.03. The molecule has 2 aromatic heterocycles. The molecular formula is C8H6N4O2. The number of carboxylic acids is 1.